The molecule has 0 radical (unpaired) electrons. The van der Waals surface area contributed by atoms with Gasteiger partial charge in [-0.05, 0) is 0 Å². The van der Waals surface area contributed by atoms with Crippen molar-refractivity contribution in [1.82, 2.24) is 0 Å². The zero-order valence-electron chi connectivity index (χ0n) is 2.21. The molecule has 0 unspecified atom stereocenters. The smallest absolute Gasteiger partial charge is 0 e. The second kappa shape index (κ2) is 22.9. The van der Waals surface area contributed by atoms with E-state index in [1.807, 2.05) is 5.64 Å². The molecule has 0 fully saturated rings. The van der Waals surface area contributed by atoms with Crippen LogP contribution in [0.4, 0.5) is 0 Å². The molecule has 0 amide bonds. The Morgan fingerprint density at radius 1 is 1.25 bits per heavy atom. The largest absolute Gasteiger partial charge is 0 e. The van der Waals surface area contributed by atoms with Gasteiger partial charge in [-0.1, -0.05) is 0 Å². The van der Waals surface area contributed by atoms with Crippen LogP contribution in [-0.4, -0.2) is 0 Å². The molecule has 0 atom stereocenters. The van der Waals surface area contributed by atoms with Gasteiger partial charge in [0, 0.05) is 34.4 Å². The fourth-order valence-corrected chi connectivity index (χ4v) is 0. The summed E-state index contributed by atoms with van der Waals surface area (Å²) in [6, 6.07) is 0. The van der Waals surface area contributed by atoms with Gasteiger partial charge in [0.25, 0.3) is 0 Å². The second-order valence-electron chi connectivity index (χ2n) is 0. The number of hydrogen-bond acceptors (Lipinski definition) is 0. The van der Waals surface area contributed by atoms with Crippen molar-refractivity contribution in [1.29, 1.82) is 0 Å². The van der Waals surface area contributed by atoms with Gasteiger partial charge < -0.3 is 0 Å². The van der Waals surface area contributed by atoms with Crippen LogP contribution in [0.3, 0.4) is 0 Å². The van der Waals surface area contributed by atoms with Crippen LogP contribution in [0.2, 0.25) is 5.64 Å². The molecule has 0 aliphatic heterocycles. The molecule has 0 nitrogen and oxygen atoms in total. The van der Waals surface area contributed by atoms with Crippen LogP contribution in [0.5, 0.6) is 0 Å². The molecule has 0 spiro atoms. The van der Waals surface area contributed by atoms with Crippen LogP contribution in [-0.2, 0) is 51.9 Å². The zero-order valence-corrected chi connectivity index (χ0v) is 5.98. The van der Waals surface area contributed by atoms with Crippen LogP contribution in [0.25, 0.3) is 0 Å². The van der Waals surface area contributed by atoms with Crippen molar-refractivity contribution in [3.8, 4) is 0 Å². The summed E-state index contributed by atoms with van der Waals surface area (Å²) >= 11 is 2.31. The summed E-state index contributed by atoms with van der Waals surface area (Å²) in [6.07, 6.45) is 0. The Balaban J connectivity index is -0.00000000500. The average molecular weight is 174 g/mol. The van der Waals surface area contributed by atoms with Gasteiger partial charge >= 0.3 is 23.1 Å². The first kappa shape index (κ1) is 17.4. The van der Waals surface area contributed by atoms with Gasteiger partial charge in [0.05, 0.1) is 0 Å². The summed E-state index contributed by atoms with van der Waals surface area (Å²) in [4.78, 5) is 0. The average Bonchev–Trinajstić information content (AvgIpc) is 1.00. The van der Waals surface area contributed by atoms with Gasteiger partial charge in [0.15, 0.2) is 0 Å². The Bertz CT molecular complexity index is 8.00. The third-order valence-electron chi connectivity index (χ3n) is 0. The van der Waals surface area contributed by atoms with Crippen molar-refractivity contribution < 1.29 is 51.9 Å². The van der Waals surface area contributed by atoms with Crippen molar-refractivity contribution in [2.45, 2.75) is 5.64 Å². The third kappa shape index (κ3) is 9.44. The molecule has 0 aromatic carbocycles. The van der Waals surface area contributed by atoms with E-state index < -0.39 is 0 Å². The molecule has 0 saturated carbocycles. The maximum absolute atomic E-state index is 2.31. The van der Waals surface area contributed by atoms with Gasteiger partial charge in [-0.3, -0.25) is 0 Å². The van der Waals surface area contributed by atoms with E-state index in [9.17, 15) is 0 Å². The number of rotatable bonds is 0. The van der Waals surface area contributed by atoms with Crippen LogP contribution in [0, 0.1) is 0 Å². The zero-order chi connectivity index (χ0) is 2.00. The summed E-state index contributed by atoms with van der Waals surface area (Å²) in [5.74, 6) is 0. The van der Waals surface area contributed by atoms with Crippen molar-refractivity contribution in [3.63, 3.8) is 0 Å². The van der Waals surface area contributed by atoms with Gasteiger partial charge in [0.2, 0.25) is 0 Å². The van der Waals surface area contributed by atoms with Crippen molar-refractivity contribution in [2.75, 3.05) is 0 Å². The standard InChI is InChI=1S/CH3.Cr.Fe.V/h1H3;;;. The van der Waals surface area contributed by atoms with Gasteiger partial charge in [-0.25, -0.2) is 0 Å². The van der Waals surface area contributed by atoms with E-state index in [0.717, 1.165) is 0 Å². The summed E-state index contributed by atoms with van der Waals surface area (Å²) in [6.45, 7) is 0. The Kier molecular flexibility index (Phi) is 99.8. The van der Waals surface area contributed by atoms with E-state index in [4.69, 9.17) is 0 Å². The Morgan fingerprint density at radius 2 is 1.25 bits per heavy atom. The summed E-state index contributed by atoms with van der Waals surface area (Å²) in [7, 11) is 0. The quantitative estimate of drug-likeness (QED) is 0.471. The van der Waals surface area contributed by atoms with Gasteiger partial charge in [-0.15, -0.1) is 0 Å². The minimum atomic E-state index is 0. The van der Waals surface area contributed by atoms with Crippen molar-refractivity contribution in [3.05, 3.63) is 0 Å². The van der Waals surface area contributed by atoms with Crippen LogP contribution >= 0.6 is 0 Å². The van der Waals surface area contributed by atoms with E-state index >= 15 is 0 Å². The maximum atomic E-state index is 2.31. The van der Waals surface area contributed by atoms with E-state index in [0.29, 0.717) is 0 Å². The van der Waals surface area contributed by atoms with E-state index in [2.05, 4.69) is 17.4 Å². The monoisotopic (exact) mass is 174 g/mol. The third-order valence-corrected chi connectivity index (χ3v) is 0. The Hall–Kier alpha value is 1.64. The fraction of sp³-hybridized carbons (Fsp3) is 1.00. The van der Waals surface area contributed by atoms with Crippen LogP contribution < -0.4 is 0 Å². The summed E-state index contributed by atoms with van der Waals surface area (Å²) in [5, 5.41) is 0. The van der Waals surface area contributed by atoms with Crippen LogP contribution in [0.1, 0.15) is 0 Å². The molecule has 0 aliphatic carbocycles. The summed E-state index contributed by atoms with van der Waals surface area (Å²) in [5.41, 5.74) is 1.94. The topological polar surface area (TPSA) is 0 Å². The molecular weight excluding hydrogens is 171 g/mol. The minimum absolute atomic E-state index is 0. The maximum Gasteiger partial charge on any atom is 0 e. The predicted molar refractivity (Wildman–Crippen MR) is 5.86 cm³/mol. The van der Waals surface area contributed by atoms with Gasteiger partial charge in [0.1, 0.15) is 0 Å². The van der Waals surface area contributed by atoms with Gasteiger partial charge in [-0.2, -0.15) is 0 Å². The molecule has 0 saturated heterocycles. The summed E-state index contributed by atoms with van der Waals surface area (Å²) < 4.78 is 0. The van der Waals surface area contributed by atoms with Crippen molar-refractivity contribution >= 4 is 0 Å². The SMILES string of the molecule is [CH3][V].[Cr].[Fe]. The Morgan fingerprint density at radius 3 is 1.25 bits per heavy atom. The van der Waals surface area contributed by atoms with Crippen molar-refractivity contribution in [2.24, 2.45) is 0 Å². The molecule has 3 heteroatoms. The molecule has 0 rings (SSSR count). The van der Waals surface area contributed by atoms with E-state index in [-0.39, 0.29) is 34.4 Å². The first-order chi connectivity index (χ1) is 1.00. The molecule has 0 bridgehead atoms. The normalized spacial score (nSPS) is 1.25. The first-order valence-corrected chi connectivity index (χ1v) is 1.84. The molecule has 4 heavy (non-hydrogen) atoms. The molecule has 0 aromatic heterocycles. The number of hydrogen-bond donors (Lipinski definition) is 0. The Labute approximate surface area is 57.3 Å². The first-order valence-electron chi connectivity index (χ1n) is 0.447. The molecular formula is CH3CrFeV. The molecule has 0 aliphatic rings. The van der Waals surface area contributed by atoms with E-state index in [1.54, 1.807) is 0 Å². The fourth-order valence-electron chi connectivity index (χ4n) is 0. The molecule has 26 valence electrons. The second-order valence-corrected chi connectivity index (χ2v) is 0. The predicted octanol–water partition coefficient (Wildman–Crippen LogP) is 0.576. The molecule has 0 N–H and O–H groups in total. The minimum Gasteiger partial charge on any atom is 0 e. The van der Waals surface area contributed by atoms with E-state index in [1.165, 1.54) is 0 Å². The van der Waals surface area contributed by atoms with Crippen LogP contribution in [0.15, 0.2) is 0 Å². The molecule has 0 heterocycles. The molecule has 0 aromatic rings.